The van der Waals surface area contributed by atoms with Crippen molar-refractivity contribution in [1.29, 1.82) is 0 Å². The number of piperidine rings is 1. The molecule has 1 fully saturated rings. The Bertz CT molecular complexity index is 538. The maximum atomic E-state index is 11.6. The molecule has 2 atom stereocenters. The van der Waals surface area contributed by atoms with Gasteiger partial charge in [-0.25, -0.2) is 17.7 Å². The van der Waals surface area contributed by atoms with Crippen LogP contribution in [0.2, 0.25) is 0 Å². The lowest BCUT2D eigenvalue weighted by molar-refractivity contribution is 0.244. The van der Waals surface area contributed by atoms with E-state index < -0.39 is 10.0 Å². The Morgan fingerprint density at radius 3 is 2.95 bits per heavy atom. The number of sulfonamides is 1. The topological polar surface area (TPSA) is 81.2 Å². The Morgan fingerprint density at radius 2 is 2.30 bits per heavy atom. The maximum absolute atomic E-state index is 11.6. The molecule has 1 saturated heterocycles. The summed E-state index contributed by atoms with van der Waals surface area (Å²) in [6.45, 7) is 4.03. The molecule has 0 radical (unpaired) electrons. The van der Waals surface area contributed by atoms with Gasteiger partial charge >= 0.3 is 0 Å². The van der Waals surface area contributed by atoms with E-state index in [0.29, 0.717) is 19.0 Å². The molecule has 0 bridgehead atoms. The van der Waals surface area contributed by atoms with E-state index in [1.165, 1.54) is 6.26 Å². The first-order valence-electron chi connectivity index (χ1n) is 7.07. The summed E-state index contributed by atoms with van der Waals surface area (Å²) in [7, 11) is -3.08. The van der Waals surface area contributed by atoms with Gasteiger partial charge in [0.25, 0.3) is 0 Å². The van der Waals surface area contributed by atoms with Gasteiger partial charge in [0.1, 0.15) is 5.82 Å². The van der Waals surface area contributed by atoms with E-state index in [1.54, 1.807) is 10.5 Å². The quantitative estimate of drug-likeness (QED) is 0.856. The summed E-state index contributed by atoms with van der Waals surface area (Å²) in [4.78, 5) is 4.34. The predicted octanol–water partition coefficient (Wildman–Crippen LogP) is 0.444. The zero-order chi connectivity index (χ0) is 14.8. The smallest absolute Gasteiger partial charge is 0.211 e. The third kappa shape index (κ3) is 4.04. The molecule has 20 heavy (non-hydrogen) atoms. The average Bonchev–Trinajstić information content (AvgIpc) is 2.75. The summed E-state index contributed by atoms with van der Waals surface area (Å²) in [6.07, 6.45) is 7.76. The standard InChI is InChI=1S/C13H24N4O2S/c1-11(14)8-13-15-5-7-16(13)9-12-4-3-6-17(10-12)20(2,18)19/h5,7,11-12H,3-4,6,8-10,14H2,1-2H3. The van der Waals surface area contributed by atoms with Crippen LogP contribution in [0.25, 0.3) is 0 Å². The SMILES string of the molecule is CC(N)Cc1nccn1CC1CCCN(S(C)(=O)=O)C1. The molecule has 6 nitrogen and oxygen atoms in total. The number of hydrogen-bond acceptors (Lipinski definition) is 4. The Labute approximate surface area is 121 Å². The van der Waals surface area contributed by atoms with Gasteiger partial charge < -0.3 is 10.3 Å². The van der Waals surface area contributed by atoms with Gasteiger partial charge in [-0.3, -0.25) is 0 Å². The Morgan fingerprint density at radius 1 is 1.55 bits per heavy atom. The number of imidazole rings is 1. The van der Waals surface area contributed by atoms with E-state index in [1.807, 2.05) is 13.1 Å². The minimum absolute atomic E-state index is 0.0787. The molecule has 0 aliphatic carbocycles. The van der Waals surface area contributed by atoms with Crippen molar-refractivity contribution in [2.24, 2.45) is 11.7 Å². The number of nitrogens with two attached hydrogens (primary N) is 1. The van der Waals surface area contributed by atoms with Gasteiger partial charge in [-0.1, -0.05) is 0 Å². The summed E-state index contributed by atoms with van der Waals surface area (Å²) in [5.41, 5.74) is 5.82. The van der Waals surface area contributed by atoms with Gasteiger partial charge in [0.15, 0.2) is 0 Å². The lowest BCUT2D eigenvalue weighted by atomic mass is 9.99. The van der Waals surface area contributed by atoms with Crippen LogP contribution in [-0.4, -0.2) is 47.7 Å². The van der Waals surface area contributed by atoms with E-state index in [0.717, 1.165) is 31.6 Å². The molecular weight excluding hydrogens is 276 g/mol. The zero-order valence-electron chi connectivity index (χ0n) is 12.2. The minimum Gasteiger partial charge on any atom is -0.335 e. The van der Waals surface area contributed by atoms with Crippen molar-refractivity contribution in [3.8, 4) is 0 Å². The summed E-state index contributed by atoms with van der Waals surface area (Å²) in [5, 5.41) is 0. The van der Waals surface area contributed by atoms with Gasteiger partial charge in [-0.05, 0) is 25.7 Å². The maximum Gasteiger partial charge on any atom is 0.211 e. The van der Waals surface area contributed by atoms with Crippen LogP contribution in [0.5, 0.6) is 0 Å². The fourth-order valence-electron chi connectivity index (χ4n) is 2.74. The van der Waals surface area contributed by atoms with Crippen LogP contribution >= 0.6 is 0 Å². The second-order valence-electron chi connectivity index (χ2n) is 5.81. The van der Waals surface area contributed by atoms with Crippen molar-refractivity contribution < 1.29 is 8.42 Å². The minimum atomic E-state index is -3.08. The highest BCUT2D eigenvalue weighted by molar-refractivity contribution is 7.88. The Hall–Kier alpha value is -0.920. The van der Waals surface area contributed by atoms with E-state index in [2.05, 4.69) is 9.55 Å². The van der Waals surface area contributed by atoms with Crippen molar-refractivity contribution in [2.45, 2.75) is 38.8 Å². The molecule has 1 aliphatic rings. The summed E-state index contributed by atoms with van der Waals surface area (Å²) >= 11 is 0. The predicted molar refractivity (Wildman–Crippen MR) is 78.7 cm³/mol. The van der Waals surface area contributed by atoms with Gasteiger partial charge in [0.05, 0.1) is 6.26 Å². The molecule has 7 heteroatoms. The highest BCUT2D eigenvalue weighted by atomic mass is 32.2. The average molecular weight is 300 g/mol. The third-order valence-corrected chi connectivity index (χ3v) is 4.98. The molecule has 2 N–H and O–H groups in total. The molecule has 0 amide bonds. The van der Waals surface area contributed by atoms with Crippen molar-refractivity contribution in [3.05, 3.63) is 18.2 Å². The molecule has 2 heterocycles. The number of aromatic nitrogens is 2. The highest BCUT2D eigenvalue weighted by Gasteiger charge is 2.26. The number of rotatable bonds is 5. The first-order chi connectivity index (χ1) is 9.36. The fourth-order valence-corrected chi connectivity index (χ4v) is 3.68. The molecule has 1 aromatic heterocycles. The molecule has 2 unspecified atom stereocenters. The van der Waals surface area contributed by atoms with Gasteiger partial charge in [-0.15, -0.1) is 0 Å². The fraction of sp³-hybridized carbons (Fsp3) is 0.769. The molecule has 0 spiro atoms. The Balaban J connectivity index is 2.01. The van der Waals surface area contributed by atoms with Crippen LogP contribution < -0.4 is 5.73 Å². The second-order valence-corrected chi connectivity index (χ2v) is 7.79. The van der Waals surface area contributed by atoms with Crippen LogP contribution in [0.1, 0.15) is 25.6 Å². The molecule has 1 aromatic rings. The van der Waals surface area contributed by atoms with Crippen LogP contribution in [0.3, 0.4) is 0 Å². The summed E-state index contributed by atoms with van der Waals surface area (Å²) in [5.74, 6) is 1.33. The molecule has 1 aliphatic heterocycles. The monoisotopic (exact) mass is 300 g/mol. The lowest BCUT2D eigenvalue weighted by Gasteiger charge is -2.31. The normalized spacial score (nSPS) is 22.9. The lowest BCUT2D eigenvalue weighted by Crippen LogP contribution is -2.40. The van der Waals surface area contributed by atoms with Crippen molar-refractivity contribution in [3.63, 3.8) is 0 Å². The van der Waals surface area contributed by atoms with Crippen molar-refractivity contribution in [2.75, 3.05) is 19.3 Å². The van der Waals surface area contributed by atoms with Crippen molar-refractivity contribution in [1.82, 2.24) is 13.9 Å². The first-order valence-corrected chi connectivity index (χ1v) is 8.92. The van der Waals surface area contributed by atoms with Crippen LogP contribution in [-0.2, 0) is 23.0 Å². The summed E-state index contributed by atoms with van der Waals surface area (Å²) < 4.78 is 27.0. The van der Waals surface area contributed by atoms with Crippen LogP contribution in [0, 0.1) is 5.92 Å². The molecule has 2 rings (SSSR count). The third-order valence-electron chi connectivity index (χ3n) is 3.71. The van der Waals surface area contributed by atoms with Gasteiger partial charge in [0.2, 0.25) is 10.0 Å². The second kappa shape index (κ2) is 6.24. The Kier molecular flexibility index (Phi) is 4.82. The largest absolute Gasteiger partial charge is 0.335 e. The van der Waals surface area contributed by atoms with E-state index >= 15 is 0 Å². The van der Waals surface area contributed by atoms with Gasteiger partial charge in [0, 0.05) is 44.5 Å². The van der Waals surface area contributed by atoms with Gasteiger partial charge in [-0.2, -0.15) is 0 Å². The first kappa shape index (κ1) is 15.5. The van der Waals surface area contributed by atoms with E-state index in [-0.39, 0.29) is 6.04 Å². The zero-order valence-corrected chi connectivity index (χ0v) is 13.0. The highest BCUT2D eigenvalue weighted by Crippen LogP contribution is 2.21. The number of nitrogens with zero attached hydrogens (tertiary/aromatic N) is 3. The summed E-state index contributed by atoms with van der Waals surface area (Å²) in [6, 6.07) is 0.0787. The van der Waals surface area contributed by atoms with Crippen LogP contribution in [0.15, 0.2) is 12.4 Å². The van der Waals surface area contributed by atoms with E-state index in [9.17, 15) is 8.42 Å². The molecular formula is C13H24N4O2S. The van der Waals surface area contributed by atoms with Crippen LogP contribution in [0.4, 0.5) is 0 Å². The molecule has 114 valence electrons. The molecule has 0 saturated carbocycles. The van der Waals surface area contributed by atoms with E-state index in [4.69, 9.17) is 5.73 Å². The molecule has 0 aromatic carbocycles. The number of hydrogen-bond donors (Lipinski definition) is 1. The van der Waals surface area contributed by atoms with Crippen molar-refractivity contribution >= 4 is 10.0 Å².